The summed E-state index contributed by atoms with van der Waals surface area (Å²) in [6.07, 6.45) is 4.79. The average Bonchev–Trinajstić information content (AvgIpc) is 3.26. The molecule has 0 spiro atoms. The quantitative estimate of drug-likeness (QED) is 0.617. The van der Waals surface area contributed by atoms with E-state index in [1.54, 1.807) is 17.6 Å². The van der Waals surface area contributed by atoms with Crippen molar-refractivity contribution in [3.63, 3.8) is 0 Å². The van der Waals surface area contributed by atoms with E-state index in [-0.39, 0.29) is 17.9 Å². The van der Waals surface area contributed by atoms with Gasteiger partial charge < -0.3 is 15.5 Å². The Bertz CT molecular complexity index is 1100. The molecule has 1 aliphatic heterocycles. The first-order valence-electron chi connectivity index (χ1n) is 9.81. The van der Waals surface area contributed by atoms with E-state index < -0.39 is 0 Å². The first kappa shape index (κ1) is 20.2. The number of anilines is 1. The van der Waals surface area contributed by atoms with Gasteiger partial charge in [0.25, 0.3) is 5.91 Å². The van der Waals surface area contributed by atoms with Crippen molar-refractivity contribution in [3.05, 3.63) is 54.2 Å². The molecule has 2 aromatic heterocycles. The lowest BCUT2D eigenvalue weighted by Gasteiger charge is -2.29. The number of rotatable bonds is 5. The lowest BCUT2D eigenvalue weighted by Crippen LogP contribution is -2.43. The van der Waals surface area contributed by atoms with Crippen LogP contribution < -0.4 is 10.6 Å². The third-order valence-electron chi connectivity index (χ3n) is 5.22. The predicted octanol–water partition coefficient (Wildman–Crippen LogP) is 3.31. The Labute approximate surface area is 178 Å². The highest BCUT2D eigenvalue weighted by atomic mass is 32.1. The van der Waals surface area contributed by atoms with E-state index >= 15 is 0 Å². The van der Waals surface area contributed by atoms with E-state index in [9.17, 15) is 9.59 Å². The number of benzene rings is 1. The van der Waals surface area contributed by atoms with Crippen LogP contribution in [0.25, 0.3) is 21.5 Å². The number of hydrogen-bond donors (Lipinski definition) is 2. The highest BCUT2D eigenvalue weighted by Gasteiger charge is 2.20. The summed E-state index contributed by atoms with van der Waals surface area (Å²) in [7, 11) is 2.10. The zero-order valence-electron chi connectivity index (χ0n) is 16.7. The van der Waals surface area contributed by atoms with Crippen molar-refractivity contribution in [2.24, 2.45) is 0 Å². The SMILES string of the molecule is C=CC(=O)Nc1ccnc2ccc(-c3nc(C(=O)NC4CCN(C)CC4)cs3)cc12. The first-order valence-corrected chi connectivity index (χ1v) is 10.7. The fourth-order valence-corrected chi connectivity index (χ4v) is 4.29. The number of carbonyl (C=O) groups excluding carboxylic acids is 2. The maximum Gasteiger partial charge on any atom is 0.270 e. The van der Waals surface area contributed by atoms with Gasteiger partial charge in [-0.05, 0) is 63.3 Å². The summed E-state index contributed by atoms with van der Waals surface area (Å²) in [5, 5.41) is 9.24. The maximum absolute atomic E-state index is 12.6. The molecular formula is C22H23N5O2S. The fraction of sp³-hybridized carbons (Fsp3) is 0.273. The number of likely N-dealkylation sites (tertiary alicyclic amines) is 1. The van der Waals surface area contributed by atoms with Gasteiger partial charge in [-0.15, -0.1) is 11.3 Å². The minimum absolute atomic E-state index is 0.131. The van der Waals surface area contributed by atoms with Gasteiger partial charge in [-0.25, -0.2) is 4.98 Å². The van der Waals surface area contributed by atoms with E-state index in [1.165, 1.54) is 17.4 Å². The van der Waals surface area contributed by atoms with Crippen LogP contribution in [0.5, 0.6) is 0 Å². The molecule has 0 radical (unpaired) electrons. The van der Waals surface area contributed by atoms with Crippen molar-refractivity contribution in [1.29, 1.82) is 0 Å². The molecule has 8 heteroatoms. The van der Waals surface area contributed by atoms with Crippen LogP contribution in [-0.2, 0) is 4.79 Å². The number of aromatic nitrogens is 2. The van der Waals surface area contributed by atoms with Crippen molar-refractivity contribution in [1.82, 2.24) is 20.2 Å². The molecule has 30 heavy (non-hydrogen) atoms. The second kappa shape index (κ2) is 8.73. The number of piperidine rings is 1. The third-order valence-corrected chi connectivity index (χ3v) is 6.11. The summed E-state index contributed by atoms with van der Waals surface area (Å²) in [5.41, 5.74) is 2.72. The molecule has 7 nitrogen and oxygen atoms in total. The summed E-state index contributed by atoms with van der Waals surface area (Å²) < 4.78 is 0. The van der Waals surface area contributed by atoms with Gasteiger partial charge in [0, 0.05) is 28.6 Å². The van der Waals surface area contributed by atoms with Gasteiger partial charge in [0.05, 0.1) is 11.2 Å². The van der Waals surface area contributed by atoms with Crippen LogP contribution >= 0.6 is 11.3 Å². The highest BCUT2D eigenvalue weighted by molar-refractivity contribution is 7.13. The van der Waals surface area contributed by atoms with Gasteiger partial charge in [0.15, 0.2) is 0 Å². The second-order valence-corrected chi connectivity index (χ2v) is 8.23. The topological polar surface area (TPSA) is 87.2 Å². The van der Waals surface area contributed by atoms with Crippen molar-refractivity contribution in [3.8, 4) is 10.6 Å². The van der Waals surface area contributed by atoms with Crippen LogP contribution in [0, 0.1) is 0 Å². The molecule has 1 fully saturated rings. The van der Waals surface area contributed by atoms with Gasteiger partial charge in [-0.2, -0.15) is 0 Å². The predicted molar refractivity (Wildman–Crippen MR) is 120 cm³/mol. The normalized spacial score (nSPS) is 15.1. The van der Waals surface area contributed by atoms with E-state index in [1.807, 2.05) is 18.2 Å². The molecule has 154 valence electrons. The fourth-order valence-electron chi connectivity index (χ4n) is 3.49. The zero-order chi connectivity index (χ0) is 21.1. The molecular weight excluding hydrogens is 398 g/mol. The molecule has 4 rings (SSSR count). The van der Waals surface area contributed by atoms with Crippen LogP contribution in [0.1, 0.15) is 23.3 Å². The molecule has 0 saturated carbocycles. The van der Waals surface area contributed by atoms with Gasteiger partial charge in [-0.1, -0.05) is 6.58 Å². The zero-order valence-corrected chi connectivity index (χ0v) is 17.5. The summed E-state index contributed by atoms with van der Waals surface area (Å²) in [6.45, 7) is 5.47. The minimum atomic E-state index is -0.282. The molecule has 0 unspecified atom stereocenters. The Morgan fingerprint density at radius 1 is 1.27 bits per heavy atom. The maximum atomic E-state index is 12.6. The van der Waals surface area contributed by atoms with E-state index in [0.717, 1.165) is 47.4 Å². The van der Waals surface area contributed by atoms with Crippen molar-refractivity contribution >= 4 is 39.7 Å². The van der Waals surface area contributed by atoms with Gasteiger partial charge in [0.2, 0.25) is 5.91 Å². The van der Waals surface area contributed by atoms with Crippen molar-refractivity contribution in [2.75, 3.05) is 25.5 Å². The molecule has 0 bridgehead atoms. The molecule has 3 heterocycles. The number of carbonyl (C=O) groups is 2. The molecule has 1 saturated heterocycles. The van der Waals surface area contributed by atoms with Crippen LogP contribution in [0.2, 0.25) is 0 Å². The number of hydrogen-bond acceptors (Lipinski definition) is 6. The molecule has 2 amide bonds. The monoisotopic (exact) mass is 421 g/mol. The van der Waals surface area contributed by atoms with Crippen LogP contribution in [0.15, 0.2) is 48.5 Å². The molecule has 2 N–H and O–H groups in total. The molecule has 0 atom stereocenters. The molecule has 1 aliphatic rings. The number of fused-ring (bicyclic) bond motifs is 1. The van der Waals surface area contributed by atoms with Crippen molar-refractivity contribution < 1.29 is 9.59 Å². The molecule has 1 aromatic carbocycles. The number of nitrogens with one attached hydrogen (secondary N) is 2. The lowest BCUT2D eigenvalue weighted by molar-refractivity contribution is -0.111. The summed E-state index contributed by atoms with van der Waals surface area (Å²) >= 11 is 1.42. The molecule has 3 aromatic rings. The van der Waals surface area contributed by atoms with Gasteiger partial charge in [-0.3, -0.25) is 14.6 Å². The number of amides is 2. The first-order chi connectivity index (χ1) is 14.5. The second-order valence-electron chi connectivity index (χ2n) is 7.37. The average molecular weight is 422 g/mol. The Balaban J connectivity index is 1.55. The lowest BCUT2D eigenvalue weighted by atomic mass is 10.1. The summed E-state index contributed by atoms with van der Waals surface area (Å²) in [5.74, 6) is -0.413. The number of nitrogens with zero attached hydrogens (tertiary/aromatic N) is 3. The highest BCUT2D eigenvalue weighted by Crippen LogP contribution is 2.30. The third kappa shape index (κ3) is 4.39. The molecule has 0 aliphatic carbocycles. The minimum Gasteiger partial charge on any atom is -0.348 e. The smallest absolute Gasteiger partial charge is 0.270 e. The Kier molecular flexibility index (Phi) is 5.87. The van der Waals surface area contributed by atoms with Crippen molar-refractivity contribution in [2.45, 2.75) is 18.9 Å². The summed E-state index contributed by atoms with van der Waals surface area (Å²) in [6, 6.07) is 7.68. The number of pyridine rings is 1. The van der Waals surface area contributed by atoms with E-state index in [2.05, 4.69) is 39.1 Å². The summed E-state index contributed by atoms with van der Waals surface area (Å²) in [4.78, 5) is 35.5. The Hall–Kier alpha value is -3.10. The van der Waals surface area contributed by atoms with E-state index in [4.69, 9.17) is 0 Å². The largest absolute Gasteiger partial charge is 0.348 e. The van der Waals surface area contributed by atoms with E-state index in [0.29, 0.717) is 11.4 Å². The van der Waals surface area contributed by atoms with Crippen LogP contribution in [-0.4, -0.2) is 52.9 Å². The Morgan fingerprint density at radius 2 is 2.07 bits per heavy atom. The van der Waals surface area contributed by atoms with Gasteiger partial charge in [0.1, 0.15) is 10.7 Å². The van der Waals surface area contributed by atoms with Crippen LogP contribution in [0.3, 0.4) is 0 Å². The van der Waals surface area contributed by atoms with Crippen LogP contribution in [0.4, 0.5) is 5.69 Å². The Morgan fingerprint density at radius 3 is 2.83 bits per heavy atom. The standard InChI is InChI=1S/C22H23N5O2S/c1-3-20(28)25-18-6-9-23-17-5-4-14(12-16(17)18)22-26-19(13-30-22)21(29)24-15-7-10-27(2)11-8-15/h3-6,9,12-13,15H,1,7-8,10-11H2,2H3,(H,24,29)(H,23,25,28). The number of thiazole rings is 1. The van der Waals surface area contributed by atoms with Gasteiger partial charge >= 0.3 is 0 Å².